The molecule has 0 fully saturated rings. The summed E-state index contributed by atoms with van der Waals surface area (Å²) >= 11 is 5.23. The van der Waals surface area contributed by atoms with Crippen molar-refractivity contribution >= 4 is 49.0 Å². The van der Waals surface area contributed by atoms with E-state index in [-0.39, 0.29) is 5.41 Å². The van der Waals surface area contributed by atoms with Gasteiger partial charge in [-0.3, -0.25) is 0 Å². The smallest absolute Gasteiger partial charge is 0.143 e. The minimum atomic E-state index is 0.139. The highest BCUT2D eigenvalue weighted by Crippen LogP contribution is 2.41. The predicted molar refractivity (Wildman–Crippen MR) is 124 cm³/mol. The van der Waals surface area contributed by atoms with Crippen LogP contribution in [0.4, 0.5) is 11.5 Å². The quantitative estimate of drug-likeness (QED) is 0.350. The molecule has 5 heteroatoms. The Morgan fingerprint density at radius 1 is 0.929 bits per heavy atom. The van der Waals surface area contributed by atoms with Crippen molar-refractivity contribution < 1.29 is 0 Å². The average Bonchev–Trinajstić information content (AvgIpc) is 2.99. The van der Waals surface area contributed by atoms with Gasteiger partial charge < -0.3 is 5.32 Å². The largest absolute Gasteiger partial charge is 0.340 e. The highest BCUT2D eigenvalue weighted by Gasteiger charge is 2.17. The van der Waals surface area contributed by atoms with E-state index in [4.69, 9.17) is 0 Å². The fourth-order valence-electron chi connectivity index (χ4n) is 3.29. The third-order valence-corrected chi connectivity index (χ3v) is 6.35. The van der Waals surface area contributed by atoms with Gasteiger partial charge in [0, 0.05) is 20.6 Å². The van der Waals surface area contributed by atoms with E-state index in [1.165, 1.54) is 21.6 Å². The van der Waals surface area contributed by atoms with E-state index in [1.54, 1.807) is 17.7 Å². The summed E-state index contributed by atoms with van der Waals surface area (Å²) in [4.78, 5) is 11.3. The lowest BCUT2D eigenvalue weighted by atomic mass is 9.87. The van der Waals surface area contributed by atoms with Gasteiger partial charge in [0.25, 0.3) is 0 Å². The Hall–Kier alpha value is -2.24. The summed E-state index contributed by atoms with van der Waals surface area (Å²) in [5, 5.41) is 4.58. The number of hydrogen-bond donors (Lipinski definition) is 1. The summed E-state index contributed by atoms with van der Waals surface area (Å²) in [6, 6.07) is 17.0. The van der Waals surface area contributed by atoms with E-state index < -0.39 is 0 Å². The lowest BCUT2D eigenvalue weighted by molar-refractivity contribution is 0.590. The van der Waals surface area contributed by atoms with Crippen LogP contribution >= 0.6 is 27.3 Å². The number of fused-ring (bicyclic) bond motifs is 1. The second-order valence-electron chi connectivity index (χ2n) is 7.89. The van der Waals surface area contributed by atoms with Crippen LogP contribution in [0.25, 0.3) is 21.3 Å². The number of benzene rings is 2. The summed E-state index contributed by atoms with van der Waals surface area (Å²) < 4.78 is 1.07. The Bertz CT molecular complexity index is 1120. The molecule has 0 atom stereocenters. The van der Waals surface area contributed by atoms with E-state index in [9.17, 15) is 0 Å². The average molecular weight is 452 g/mol. The van der Waals surface area contributed by atoms with E-state index in [1.807, 2.05) is 0 Å². The zero-order valence-electron chi connectivity index (χ0n) is 16.4. The van der Waals surface area contributed by atoms with Crippen LogP contribution in [0.2, 0.25) is 0 Å². The molecule has 142 valence electrons. The van der Waals surface area contributed by atoms with E-state index in [0.29, 0.717) is 0 Å². The summed E-state index contributed by atoms with van der Waals surface area (Å²) in [7, 11) is 0. The fraction of sp³-hybridized carbons (Fsp3) is 0.217. The van der Waals surface area contributed by atoms with Crippen LogP contribution in [-0.4, -0.2) is 9.97 Å². The second kappa shape index (κ2) is 7.30. The van der Waals surface area contributed by atoms with Gasteiger partial charge in [0.2, 0.25) is 0 Å². The molecule has 2 aromatic heterocycles. The first-order valence-corrected chi connectivity index (χ1v) is 10.8. The molecule has 0 aliphatic rings. The van der Waals surface area contributed by atoms with E-state index >= 15 is 0 Å². The van der Waals surface area contributed by atoms with Crippen molar-refractivity contribution in [3.8, 4) is 11.1 Å². The lowest BCUT2D eigenvalue weighted by Crippen LogP contribution is -2.10. The van der Waals surface area contributed by atoms with Crippen molar-refractivity contribution in [2.75, 3.05) is 5.32 Å². The van der Waals surface area contributed by atoms with Crippen LogP contribution < -0.4 is 5.32 Å². The first-order chi connectivity index (χ1) is 13.3. The van der Waals surface area contributed by atoms with Gasteiger partial charge >= 0.3 is 0 Å². The summed E-state index contributed by atoms with van der Waals surface area (Å²) in [5.74, 6) is 0.843. The molecule has 0 radical (unpaired) electrons. The number of rotatable bonds is 3. The first-order valence-electron chi connectivity index (χ1n) is 9.20. The van der Waals surface area contributed by atoms with Crippen molar-refractivity contribution in [3.63, 3.8) is 0 Å². The second-order valence-corrected chi connectivity index (χ2v) is 10.0. The summed E-state index contributed by atoms with van der Waals surface area (Å²) in [6.45, 7) is 8.82. The van der Waals surface area contributed by atoms with E-state index in [2.05, 4.69) is 107 Å². The Balaban J connectivity index is 1.78. The van der Waals surface area contributed by atoms with Crippen LogP contribution in [0.3, 0.4) is 0 Å². The Morgan fingerprint density at radius 3 is 2.25 bits per heavy atom. The maximum atomic E-state index is 4.57. The predicted octanol–water partition coefficient (Wildman–Crippen LogP) is 7.47. The fourth-order valence-corrected chi connectivity index (χ4v) is 4.57. The van der Waals surface area contributed by atoms with Crippen LogP contribution in [0, 0.1) is 6.92 Å². The van der Waals surface area contributed by atoms with Crippen LogP contribution in [0.5, 0.6) is 0 Å². The molecule has 0 spiro atoms. The van der Waals surface area contributed by atoms with Crippen molar-refractivity contribution in [2.24, 2.45) is 0 Å². The molecule has 0 amide bonds. The molecule has 4 aromatic rings. The Morgan fingerprint density at radius 2 is 1.61 bits per heavy atom. The number of halogens is 1. The van der Waals surface area contributed by atoms with Crippen molar-refractivity contribution in [2.45, 2.75) is 33.1 Å². The van der Waals surface area contributed by atoms with Crippen molar-refractivity contribution in [1.82, 2.24) is 9.97 Å². The number of anilines is 2. The summed E-state index contributed by atoms with van der Waals surface area (Å²) in [5.41, 5.74) is 4.85. The van der Waals surface area contributed by atoms with Crippen molar-refractivity contribution in [3.05, 3.63) is 69.8 Å². The van der Waals surface area contributed by atoms with Gasteiger partial charge in [-0.05, 0) is 47.7 Å². The zero-order chi connectivity index (χ0) is 19.9. The van der Waals surface area contributed by atoms with Gasteiger partial charge in [-0.15, -0.1) is 11.3 Å². The molecular formula is C23H22BrN3S. The van der Waals surface area contributed by atoms with Crippen LogP contribution in [0.1, 0.15) is 31.2 Å². The molecule has 28 heavy (non-hydrogen) atoms. The number of aromatic nitrogens is 2. The van der Waals surface area contributed by atoms with Crippen LogP contribution in [-0.2, 0) is 5.41 Å². The molecule has 4 rings (SSSR count). The Kier molecular flexibility index (Phi) is 4.98. The molecule has 0 aliphatic heterocycles. The number of nitrogens with zero attached hydrogens (tertiary/aromatic N) is 2. The van der Waals surface area contributed by atoms with Gasteiger partial charge in [-0.25, -0.2) is 9.97 Å². The maximum Gasteiger partial charge on any atom is 0.143 e. The van der Waals surface area contributed by atoms with Gasteiger partial charge in [0.05, 0.1) is 5.39 Å². The first kappa shape index (κ1) is 19.1. The molecule has 0 saturated carbocycles. The third-order valence-electron chi connectivity index (χ3n) is 4.81. The molecule has 2 aromatic carbocycles. The van der Waals surface area contributed by atoms with Gasteiger partial charge in [0.15, 0.2) is 0 Å². The number of nitrogens with one attached hydrogen (secondary N) is 1. The summed E-state index contributed by atoms with van der Waals surface area (Å²) in [6.07, 6.45) is 1.63. The molecule has 2 heterocycles. The minimum Gasteiger partial charge on any atom is -0.340 e. The normalized spacial score (nSPS) is 11.8. The van der Waals surface area contributed by atoms with E-state index in [0.717, 1.165) is 26.2 Å². The van der Waals surface area contributed by atoms with Gasteiger partial charge in [-0.2, -0.15) is 0 Å². The molecule has 1 N–H and O–H groups in total. The molecule has 0 unspecified atom stereocenters. The molecule has 0 bridgehead atoms. The molecule has 0 aliphatic carbocycles. The molecule has 3 nitrogen and oxygen atoms in total. The molecular weight excluding hydrogens is 430 g/mol. The number of hydrogen-bond acceptors (Lipinski definition) is 4. The Labute approximate surface area is 178 Å². The lowest BCUT2D eigenvalue weighted by Gasteiger charge is -2.19. The highest BCUT2D eigenvalue weighted by atomic mass is 79.9. The highest BCUT2D eigenvalue weighted by molar-refractivity contribution is 9.10. The van der Waals surface area contributed by atoms with Gasteiger partial charge in [0.1, 0.15) is 17.0 Å². The van der Waals surface area contributed by atoms with Crippen molar-refractivity contribution in [1.29, 1.82) is 0 Å². The number of aryl methyl sites for hydroxylation is 1. The minimum absolute atomic E-state index is 0.139. The SMILES string of the molecule is Cc1sc2ncnc(Nc3ccc(C(C)(C)C)cc3)c2c1-c1ccc(Br)cc1. The van der Waals surface area contributed by atoms with Gasteiger partial charge in [-0.1, -0.05) is 61.0 Å². The third kappa shape index (κ3) is 3.69. The standard InChI is InChI=1S/C23H22BrN3S/c1-14-19(15-5-9-17(24)10-6-15)20-21(25-13-26-22(20)28-14)27-18-11-7-16(8-12-18)23(2,3)4/h5-13H,1-4H3,(H,25,26,27). The topological polar surface area (TPSA) is 37.8 Å². The molecule has 0 saturated heterocycles. The maximum absolute atomic E-state index is 4.57. The monoisotopic (exact) mass is 451 g/mol. The number of thiophene rings is 1. The zero-order valence-corrected chi connectivity index (χ0v) is 18.8. The van der Waals surface area contributed by atoms with Crippen LogP contribution in [0.15, 0.2) is 59.3 Å².